The molecule has 0 bridgehead atoms. The summed E-state index contributed by atoms with van der Waals surface area (Å²) < 4.78 is 1.86. The van der Waals surface area contributed by atoms with E-state index in [0.29, 0.717) is 5.39 Å². The van der Waals surface area contributed by atoms with Gasteiger partial charge in [-0.05, 0) is 44.4 Å². The molecule has 0 saturated carbocycles. The maximum atomic E-state index is 12.2. The van der Waals surface area contributed by atoms with Crippen LogP contribution in [-0.2, 0) is 0 Å². The fraction of sp³-hybridized carbons (Fsp3) is 0.400. The minimum absolute atomic E-state index is 0.0829. The summed E-state index contributed by atoms with van der Waals surface area (Å²) in [5.74, 6) is 0. The summed E-state index contributed by atoms with van der Waals surface area (Å²) in [7, 11) is 2.22. The zero-order valence-electron chi connectivity index (χ0n) is 18.9. The van der Waals surface area contributed by atoms with Crippen LogP contribution in [0.4, 0.5) is 5.69 Å². The van der Waals surface area contributed by atoms with E-state index in [1.54, 1.807) is 6.20 Å². The first kappa shape index (κ1) is 20.4. The molecule has 0 radical (unpaired) electrons. The molecule has 0 unspecified atom stereocenters. The van der Waals surface area contributed by atoms with E-state index in [9.17, 15) is 4.79 Å². The Morgan fingerprint density at radius 3 is 2.48 bits per heavy atom. The van der Waals surface area contributed by atoms with Gasteiger partial charge in [0.15, 0.2) is 5.65 Å². The standard InChI is InChI=1S/C25H29N7O/c1-29-8-6-18(7-9-29)30-10-12-31(13-11-30)19-14-26-24-23(16-28-32(24)17-19)22-15-27-25(33)21-5-3-2-4-20(21)22/h2-5,14-18H,6-13H2,1H3,(H,27,33). The number of hydrogen-bond acceptors (Lipinski definition) is 6. The normalized spacial score (nSPS) is 19.0. The van der Waals surface area contributed by atoms with Gasteiger partial charge in [0, 0.05) is 54.9 Å². The van der Waals surface area contributed by atoms with Gasteiger partial charge in [0.05, 0.1) is 24.3 Å². The SMILES string of the molecule is CN1CCC(N2CCN(c3cnc4c(-c5c[nH]c(=O)c6ccccc56)cnn4c3)CC2)CC1. The lowest BCUT2D eigenvalue weighted by atomic mass is 10.0. The number of piperidine rings is 1. The smallest absolute Gasteiger partial charge is 0.255 e. The van der Waals surface area contributed by atoms with Crippen LogP contribution in [0.15, 0.2) is 53.8 Å². The van der Waals surface area contributed by atoms with E-state index in [0.717, 1.165) is 60.1 Å². The average molecular weight is 444 g/mol. The highest BCUT2D eigenvalue weighted by atomic mass is 16.1. The van der Waals surface area contributed by atoms with Gasteiger partial charge in [0.1, 0.15) is 0 Å². The molecule has 2 aliphatic rings. The van der Waals surface area contributed by atoms with Crippen molar-refractivity contribution in [3.05, 3.63) is 59.4 Å². The summed E-state index contributed by atoms with van der Waals surface area (Å²) in [6, 6.07) is 8.38. The number of likely N-dealkylation sites (tertiary alicyclic amines) is 1. The second kappa shape index (κ2) is 8.28. The molecule has 0 atom stereocenters. The first-order chi connectivity index (χ1) is 16.2. The minimum atomic E-state index is -0.0829. The highest BCUT2D eigenvalue weighted by Crippen LogP contribution is 2.29. The van der Waals surface area contributed by atoms with E-state index >= 15 is 0 Å². The predicted molar refractivity (Wildman–Crippen MR) is 131 cm³/mol. The molecule has 8 heteroatoms. The van der Waals surface area contributed by atoms with Crippen molar-refractivity contribution in [2.45, 2.75) is 18.9 Å². The Morgan fingerprint density at radius 1 is 0.939 bits per heavy atom. The molecule has 1 N–H and O–H groups in total. The Balaban J connectivity index is 1.24. The lowest BCUT2D eigenvalue weighted by Crippen LogP contribution is -2.53. The van der Waals surface area contributed by atoms with Crippen LogP contribution in [0, 0.1) is 0 Å². The van der Waals surface area contributed by atoms with Gasteiger partial charge in [-0.25, -0.2) is 9.50 Å². The molecule has 5 heterocycles. The predicted octanol–water partition coefficient (Wildman–Crippen LogP) is 2.45. The van der Waals surface area contributed by atoms with Gasteiger partial charge < -0.3 is 14.8 Å². The van der Waals surface area contributed by atoms with Crippen LogP contribution >= 0.6 is 0 Å². The van der Waals surface area contributed by atoms with Crippen molar-refractivity contribution in [2.75, 3.05) is 51.2 Å². The van der Waals surface area contributed by atoms with Gasteiger partial charge in [-0.15, -0.1) is 0 Å². The number of rotatable bonds is 3. The molecule has 2 aliphatic heterocycles. The number of H-pyrrole nitrogens is 1. The second-order valence-corrected chi connectivity index (χ2v) is 9.27. The van der Waals surface area contributed by atoms with Crippen LogP contribution in [0.25, 0.3) is 27.5 Å². The Hall–Kier alpha value is -3.23. The van der Waals surface area contributed by atoms with E-state index in [1.165, 1.54) is 25.9 Å². The molecular formula is C25H29N7O. The van der Waals surface area contributed by atoms with Crippen LogP contribution in [0.1, 0.15) is 12.8 Å². The molecule has 33 heavy (non-hydrogen) atoms. The second-order valence-electron chi connectivity index (χ2n) is 9.27. The molecule has 2 fully saturated rings. The van der Waals surface area contributed by atoms with Crippen LogP contribution < -0.4 is 10.5 Å². The van der Waals surface area contributed by atoms with Gasteiger partial charge in [-0.2, -0.15) is 5.10 Å². The van der Waals surface area contributed by atoms with Crippen LogP contribution in [0.2, 0.25) is 0 Å². The molecule has 4 aromatic rings. The van der Waals surface area contributed by atoms with E-state index in [-0.39, 0.29) is 5.56 Å². The van der Waals surface area contributed by atoms with Crippen molar-refractivity contribution in [3.8, 4) is 11.1 Å². The third-order valence-corrected chi connectivity index (χ3v) is 7.33. The first-order valence-electron chi connectivity index (χ1n) is 11.8. The molecule has 1 aromatic carbocycles. The topological polar surface area (TPSA) is 72.8 Å². The van der Waals surface area contributed by atoms with Crippen molar-refractivity contribution in [2.24, 2.45) is 0 Å². The fourth-order valence-corrected chi connectivity index (χ4v) is 5.36. The number of fused-ring (bicyclic) bond motifs is 2. The van der Waals surface area contributed by atoms with Crippen molar-refractivity contribution >= 4 is 22.1 Å². The fourth-order valence-electron chi connectivity index (χ4n) is 5.36. The van der Waals surface area contributed by atoms with Crippen molar-refractivity contribution < 1.29 is 0 Å². The van der Waals surface area contributed by atoms with Crippen molar-refractivity contribution in [1.29, 1.82) is 0 Å². The van der Waals surface area contributed by atoms with E-state index in [1.807, 2.05) is 41.2 Å². The number of pyridine rings is 1. The number of aromatic nitrogens is 4. The zero-order chi connectivity index (χ0) is 22.4. The monoisotopic (exact) mass is 443 g/mol. The zero-order valence-corrected chi connectivity index (χ0v) is 18.9. The molecule has 8 nitrogen and oxygen atoms in total. The van der Waals surface area contributed by atoms with E-state index in [4.69, 9.17) is 4.98 Å². The largest absolute Gasteiger partial charge is 0.366 e. The Labute approximate surface area is 192 Å². The number of anilines is 1. The minimum Gasteiger partial charge on any atom is -0.366 e. The lowest BCUT2D eigenvalue weighted by molar-refractivity contribution is 0.115. The molecule has 2 saturated heterocycles. The molecule has 0 spiro atoms. The maximum absolute atomic E-state index is 12.2. The number of hydrogen-bond donors (Lipinski definition) is 1. The lowest BCUT2D eigenvalue weighted by Gasteiger charge is -2.42. The van der Waals surface area contributed by atoms with Gasteiger partial charge in [-0.3, -0.25) is 9.69 Å². The summed E-state index contributed by atoms with van der Waals surface area (Å²) >= 11 is 0. The van der Waals surface area contributed by atoms with Gasteiger partial charge in [0.25, 0.3) is 5.56 Å². The summed E-state index contributed by atoms with van der Waals surface area (Å²) in [5.41, 5.74) is 3.67. The number of piperazine rings is 1. The van der Waals surface area contributed by atoms with Crippen LogP contribution in [0.5, 0.6) is 0 Å². The number of aromatic amines is 1. The average Bonchev–Trinajstić information content (AvgIpc) is 3.28. The number of nitrogens with one attached hydrogen (secondary N) is 1. The molecule has 3 aromatic heterocycles. The van der Waals surface area contributed by atoms with E-state index in [2.05, 4.69) is 38.0 Å². The number of benzene rings is 1. The molecule has 170 valence electrons. The van der Waals surface area contributed by atoms with Crippen molar-refractivity contribution in [3.63, 3.8) is 0 Å². The molecule has 0 amide bonds. The van der Waals surface area contributed by atoms with Gasteiger partial charge >= 0.3 is 0 Å². The summed E-state index contributed by atoms with van der Waals surface area (Å²) in [6.45, 7) is 6.63. The number of nitrogens with zero attached hydrogens (tertiary/aromatic N) is 6. The molecule has 6 rings (SSSR count). The first-order valence-corrected chi connectivity index (χ1v) is 11.8. The van der Waals surface area contributed by atoms with Crippen molar-refractivity contribution in [1.82, 2.24) is 29.4 Å². The summed E-state index contributed by atoms with van der Waals surface area (Å²) in [6.07, 6.45) is 10.2. The van der Waals surface area contributed by atoms with E-state index < -0.39 is 0 Å². The third kappa shape index (κ3) is 3.69. The third-order valence-electron chi connectivity index (χ3n) is 7.33. The van der Waals surface area contributed by atoms with Gasteiger partial charge in [0.2, 0.25) is 0 Å². The van der Waals surface area contributed by atoms with Crippen LogP contribution in [-0.4, -0.2) is 81.7 Å². The molecule has 0 aliphatic carbocycles. The Kier molecular flexibility index (Phi) is 5.11. The highest BCUT2D eigenvalue weighted by Gasteiger charge is 2.27. The van der Waals surface area contributed by atoms with Gasteiger partial charge in [-0.1, -0.05) is 18.2 Å². The Morgan fingerprint density at radius 2 is 1.70 bits per heavy atom. The Bertz CT molecular complexity index is 1340. The highest BCUT2D eigenvalue weighted by molar-refractivity contribution is 5.98. The summed E-state index contributed by atoms with van der Waals surface area (Å²) in [4.78, 5) is 27.4. The molecular weight excluding hydrogens is 414 g/mol. The summed E-state index contributed by atoms with van der Waals surface area (Å²) in [5, 5.41) is 6.18. The van der Waals surface area contributed by atoms with Crippen LogP contribution in [0.3, 0.4) is 0 Å². The maximum Gasteiger partial charge on any atom is 0.255 e. The quantitative estimate of drug-likeness (QED) is 0.524.